The van der Waals surface area contributed by atoms with Crippen molar-refractivity contribution >= 4 is 23.8 Å². The molecule has 2 aliphatic heterocycles. The Balaban J connectivity index is 1.87. The summed E-state index contributed by atoms with van der Waals surface area (Å²) in [7, 11) is 1.68. The number of nitrogens with one attached hydrogen (secondary N) is 3. The number of likely N-dealkylation sites (tertiary alicyclic amines) is 1. The molecule has 0 spiro atoms. The van der Waals surface area contributed by atoms with Crippen LogP contribution in [0.1, 0.15) is 46.0 Å². The van der Waals surface area contributed by atoms with Crippen LogP contribution in [0.4, 0.5) is 4.79 Å². The van der Waals surface area contributed by atoms with Crippen LogP contribution in [0.15, 0.2) is 0 Å². The highest BCUT2D eigenvalue weighted by Gasteiger charge is 2.31. The van der Waals surface area contributed by atoms with Crippen molar-refractivity contribution in [3.63, 3.8) is 0 Å². The van der Waals surface area contributed by atoms with Crippen LogP contribution in [-0.2, 0) is 19.1 Å². The molecule has 170 valence electrons. The van der Waals surface area contributed by atoms with Crippen molar-refractivity contribution in [1.82, 2.24) is 20.9 Å². The molecular weight excluding hydrogens is 392 g/mol. The average molecular weight is 427 g/mol. The van der Waals surface area contributed by atoms with Crippen molar-refractivity contribution in [3.8, 4) is 0 Å². The zero-order valence-electron chi connectivity index (χ0n) is 18.0. The third-order valence-electron chi connectivity index (χ3n) is 5.65. The minimum absolute atomic E-state index is 0.0204. The number of rotatable bonds is 10. The van der Waals surface area contributed by atoms with Gasteiger partial charge in [0.25, 0.3) is 0 Å². The third kappa shape index (κ3) is 6.86. The van der Waals surface area contributed by atoms with Gasteiger partial charge in [-0.25, -0.2) is 4.79 Å². The summed E-state index contributed by atoms with van der Waals surface area (Å²) in [4.78, 5) is 49.9. The van der Waals surface area contributed by atoms with Crippen LogP contribution in [0.5, 0.6) is 0 Å². The van der Waals surface area contributed by atoms with Gasteiger partial charge in [-0.15, -0.1) is 0 Å². The van der Waals surface area contributed by atoms with Crippen LogP contribution >= 0.6 is 0 Å². The number of amides is 4. The number of carbonyl (C=O) groups is 4. The molecule has 0 radical (unpaired) electrons. The molecule has 2 aliphatic rings. The van der Waals surface area contributed by atoms with Gasteiger partial charge in [-0.1, -0.05) is 13.8 Å². The van der Waals surface area contributed by atoms with Crippen LogP contribution < -0.4 is 16.0 Å². The summed E-state index contributed by atoms with van der Waals surface area (Å²) in [5.41, 5.74) is 0. The molecule has 4 atom stereocenters. The smallest absolute Gasteiger partial charge is 0.407 e. The number of aliphatic hydroxyl groups excluding tert-OH is 1. The molecule has 0 aliphatic carbocycles. The van der Waals surface area contributed by atoms with Crippen molar-refractivity contribution < 1.29 is 29.0 Å². The van der Waals surface area contributed by atoms with E-state index in [-0.39, 0.29) is 42.9 Å². The fraction of sp³-hybridized carbons (Fsp3) is 0.800. The van der Waals surface area contributed by atoms with Crippen molar-refractivity contribution in [2.75, 3.05) is 26.8 Å². The summed E-state index contributed by atoms with van der Waals surface area (Å²) in [6.07, 6.45) is 1.75. The number of alkyl carbamates (subject to hydrolysis) is 1. The maximum absolute atomic E-state index is 12.7. The van der Waals surface area contributed by atoms with Gasteiger partial charge in [-0.05, 0) is 31.6 Å². The molecule has 0 bridgehead atoms. The van der Waals surface area contributed by atoms with Gasteiger partial charge in [-0.2, -0.15) is 0 Å². The third-order valence-corrected chi connectivity index (χ3v) is 5.65. The monoisotopic (exact) mass is 426 g/mol. The second-order valence-corrected chi connectivity index (χ2v) is 8.52. The standard InChI is InChI=1S/C20H34N4O6/c1-12(2)8-16(23-20(29)30-11-15-4-5-17(26)24(15)3)19(28)22-14(10-25)9-13-6-7-21-18(13)27/h12-16,25H,4-11H2,1-3H3,(H,21,27)(H,22,28)(H,23,29)/t13-,14-,15-,16-/m0/s1. The largest absolute Gasteiger partial charge is 0.447 e. The molecule has 0 aromatic rings. The lowest BCUT2D eigenvalue weighted by Crippen LogP contribution is -2.52. The van der Waals surface area contributed by atoms with E-state index in [0.29, 0.717) is 38.6 Å². The Labute approximate surface area is 177 Å². The summed E-state index contributed by atoms with van der Waals surface area (Å²) < 4.78 is 5.23. The number of ether oxygens (including phenoxy) is 1. The minimum atomic E-state index is -0.827. The Morgan fingerprint density at radius 1 is 1.27 bits per heavy atom. The quantitative estimate of drug-likeness (QED) is 0.380. The Morgan fingerprint density at radius 2 is 2.00 bits per heavy atom. The van der Waals surface area contributed by atoms with E-state index in [0.717, 1.165) is 0 Å². The summed E-state index contributed by atoms with van der Waals surface area (Å²) >= 11 is 0. The first-order valence-electron chi connectivity index (χ1n) is 10.6. The van der Waals surface area contributed by atoms with Gasteiger partial charge in [0.2, 0.25) is 17.7 Å². The van der Waals surface area contributed by atoms with E-state index < -0.39 is 24.1 Å². The Morgan fingerprint density at radius 3 is 2.53 bits per heavy atom. The molecule has 0 unspecified atom stereocenters. The zero-order valence-corrected chi connectivity index (χ0v) is 18.0. The molecule has 10 heteroatoms. The van der Waals surface area contributed by atoms with E-state index in [2.05, 4.69) is 16.0 Å². The summed E-state index contributed by atoms with van der Waals surface area (Å²) in [5, 5.41) is 17.7. The molecule has 2 fully saturated rings. The number of carbonyl (C=O) groups excluding carboxylic acids is 4. The van der Waals surface area contributed by atoms with Crippen LogP contribution in [0.25, 0.3) is 0 Å². The molecule has 2 heterocycles. The Bertz CT molecular complexity index is 641. The number of nitrogens with zero attached hydrogens (tertiary/aromatic N) is 1. The molecule has 4 amide bonds. The maximum atomic E-state index is 12.7. The first-order chi connectivity index (χ1) is 14.2. The molecule has 4 N–H and O–H groups in total. The van der Waals surface area contributed by atoms with Gasteiger partial charge in [0.15, 0.2) is 0 Å². The van der Waals surface area contributed by atoms with E-state index in [1.807, 2.05) is 13.8 Å². The number of hydrogen-bond acceptors (Lipinski definition) is 6. The number of hydrogen-bond donors (Lipinski definition) is 4. The Kier molecular flexibility index (Phi) is 8.88. The molecule has 2 saturated heterocycles. The second-order valence-electron chi connectivity index (χ2n) is 8.52. The Hall–Kier alpha value is -2.36. The van der Waals surface area contributed by atoms with Gasteiger partial charge in [0.05, 0.1) is 18.7 Å². The van der Waals surface area contributed by atoms with Crippen molar-refractivity contribution in [3.05, 3.63) is 0 Å². The molecule has 0 saturated carbocycles. The van der Waals surface area contributed by atoms with Crippen molar-refractivity contribution in [2.45, 2.75) is 64.1 Å². The predicted octanol–water partition coefficient (Wildman–Crippen LogP) is -0.249. The van der Waals surface area contributed by atoms with E-state index in [1.165, 1.54) is 0 Å². The average Bonchev–Trinajstić information content (AvgIpc) is 3.24. The zero-order chi connectivity index (χ0) is 22.3. The summed E-state index contributed by atoms with van der Waals surface area (Å²) in [6, 6.07) is -1.55. The highest BCUT2D eigenvalue weighted by Crippen LogP contribution is 2.17. The van der Waals surface area contributed by atoms with Crippen LogP contribution in [0.3, 0.4) is 0 Å². The van der Waals surface area contributed by atoms with E-state index in [4.69, 9.17) is 4.74 Å². The first-order valence-corrected chi connectivity index (χ1v) is 10.6. The van der Waals surface area contributed by atoms with Gasteiger partial charge in [-0.3, -0.25) is 14.4 Å². The van der Waals surface area contributed by atoms with Crippen LogP contribution in [-0.4, -0.2) is 78.8 Å². The molecule has 2 rings (SSSR count). The normalized spacial score (nSPS) is 23.3. The van der Waals surface area contributed by atoms with Crippen molar-refractivity contribution in [1.29, 1.82) is 0 Å². The number of likely N-dealkylation sites (N-methyl/N-ethyl adjacent to an activating group) is 1. The summed E-state index contributed by atoms with van der Waals surface area (Å²) in [6.45, 7) is 4.23. The summed E-state index contributed by atoms with van der Waals surface area (Å²) in [5.74, 6) is -0.584. The fourth-order valence-corrected chi connectivity index (χ4v) is 3.81. The predicted molar refractivity (Wildman–Crippen MR) is 108 cm³/mol. The van der Waals surface area contributed by atoms with Gasteiger partial charge < -0.3 is 30.7 Å². The molecule has 0 aromatic carbocycles. The van der Waals surface area contributed by atoms with Gasteiger partial charge >= 0.3 is 6.09 Å². The molecular formula is C20H34N4O6. The molecule has 10 nitrogen and oxygen atoms in total. The SMILES string of the molecule is CC(C)C[C@H](NC(=O)OC[C@@H]1CCC(=O)N1C)C(=O)N[C@H](CO)C[C@@H]1CCNC1=O. The molecule has 0 aromatic heterocycles. The highest BCUT2D eigenvalue weighted by molar-refractivity contribution is 5.86. The van der Waals surface area contributed by atoms with Crippen molar-refractivity contribution in [2.24, 2.45) is 11.8 Å². The fourth-order valence-electron chi connectivity index (χ4n) is 3.81. The van der Waals surface area contributed by atoms with E-state index >= 15 is 0 Å². The maximum Gasteiger partial charge on any atom is 0.407 e. The topological polar surface area (TPSA) is 137 Å². The first kappa shape index (κ1) is 23.9. The lowest BCUT2D eigenvalue weighted by molar-refractivity contribution is -0.128. The van der Waals surface area contributed by atoms with Gasteiger partial charge in [0, 0.05) is 25.9 Å². The molecule has 30 heavy (non-hydrogen) atoms. The lowest BCUT2D eigenvalue weighted by atomic mass is 9.97. The minimum Gasteiger partial charge on any atom is -0.447 e. The van der Waals surface area contributed by atoms with Crippen LogP contribution in [0.2, 0.25) is 0 Å². The van der Waals surface area contributed by atoms with E-state index in [9.17, 15) is 24.3 Å². The lowest BCUT2D eigenvalue weighted by Gasteiger charge is -2.25. The highest BCUT2D eigenvalue weighted by atomic mass is 16.5. The van der Waals surface area contributed by atoms with E-state index in [1.54, 1.807) is 11.9 Å². The number of aliphatic hydroxyl groups is 1. The van der Waals surface area contributed by atoms with Crippen LogP contribution in [0, 0.1) is 11.8 Å². The second kappa shape index (κ2) is 11.1. The van der Waals surface area contributed by atoms with Gasteiger partial charge in [0.1, 0.15) is 12.6 Å².